The summed E-state index contributed by atoms with van der Waals surface area (Å²) in [5, 5.41) is 15.5. The van der Waals surface area contributed by atoms with Crippen molar-refractivity contribution in [3.8, 4) is 17.3 Å². The highest BCUT2D eigenvalue weighted by Crippen LogP contribution is 2.36. The number of aromatic nitrogens is 3. The molecule has 1 aliphatic rings. The fourth-order valence-electron chi connectivity index (χ4n) is 4.48. The second kappa shape index (κ2) is 7.42. The van der Waals surface area contributed by atoms with Crippen LogP contribution in [0.25, 0.3) is 16.6 Å². The number of methoxy groups -OCH3 is 1. The van der Waals surface area contributed by atoms with Crippen molar-refractivity contribution in [2.45, 2.75) is 26.3 Å². The summed E-state index contributed by atoms with van der Waals surface area (Å²) in [5.41, 5.74) is 4.11. The van der Waals surface area contributed by atoms with E-state index in [1.807, 2.05) is 44.2 Å². The van der Waals surface area contributed by atoms with Gasteiger partial charge in [0.1, 0.15) is 11.3 Å². The molecule has 0 saturated heterocycles. The number of ether oxygens (including phenoxy) is 1. The monoisotopic (exact) mass is 432 g/mol. The summed E-state index contributed by atoms with van der Waals surface area (Å²) in [5.74, 6) is 0.377. The molecule has 1 aliphatic heterocycles. The maximum absolute atomic E-state index is 12.9. The molecular formula is C24H24N4O4. The van der Waals surface area contributed by atoms with Gasteiger partial charge in [-0.1, -0.05) is 6.07 Å². The summed E-state index contributed by atoms with van der Waals surface area (Å²) >= 11 is 0. The number of nitrogens with one attached hydrogen (secondary N) is 3. The van der Waals surface area contributed by atoms with Crippen LogP contribution < -0.4 is 21.3 Å². The topological polar surface area (TPSA) is 112 Å². The van der Waals surface area contributed by atoms with Crippen LogP contribution in [0.2, 0.25) is 0 Å². The Labute approximate surface area is 183 Å². The van der Waals surface area contributed by atoms with Gasteiger partial charge in [-0.3, -0.25) is 9.78 Å². The highest BCUT2D eigenvalue weighted by atomic mass is 16.5. The fourth-order valence-corrected chi connectivity index (χ4v) is 4.48. The van der Waals surface area contributed by atoms with E-state index in [4.69, 9.17) is 4.74 Å². The molecule has 2 aromatic heterocycles. The van der Waals surface area contributed by atoms with Gasteiger partial charge in [-0.2, -0.15) is 0 Å². The van der Waals surface area contributed by atoms with Crippen LogP contribution in [0.4, 0.5) is 0 Å². The number of aromatic hydroxyl groups is 1. The second-order valence-electron chi connectivity index (χ2n) is 8.17. The number of rotatable bonds is 3. The Morgan fingerprint density at radius 1 is 1.06 bits per heavy atom. The molecule has 0 aliphatic carbocycles. The first-order valence-corrected chi connectivity index (χ1v) is 10.5. The molecule has 1 atom stereocenters. The van der Waals surface area contributed by atoms with E-state index in [1.165, 1.54) is 0 Å². The van der Waals surface area contributed by atoms with E-state index in [0.29, 0.717) is 12.2 Å². The molecule has 0 spiro atoms. The van der Waals surface area contributed by atoms with E-state index in [2.05, 4.69) is 15.3 Å². The lowest BCUT2D eigenvalue weighted by Crippen LogP contribution is -2.38. The zero-order valence-electron chi connectivity index (χ0n) is 18.1. The van der Waals surface area contributed by atoms with Crippen molar-refractivity contribution in [2.24, 2.45) is 0 Å². The highest BCUT2D eigenvalue weighted by Gasteiger charge is 2.31. The van der Waals surface area contributed by atoms with E-state index >= 15 is 0 Å². The maximum atomic E-state index is 12.9. The number of aryl methyl sites for hydroxylation is 2. The number of hydrogen-bond donors (Lipinski definition) is 4. The van der Waals surface area contributed by atoms with Gasteiger partial charge >= 0.3 is 5.69 Å². The summed E-state index contributed by atoms with van der Waals surface area (Å²) in [4.78, 5) is 31.3. The minimum Gasteiger partial charge on any atom is -0.497 e. The maximum Gasteiger partial charge on any atom is 0.335 e. The normalized spacial score (nSPS) is 15.7. The third kappa shape index (κ3) is 3.03. The molecule has 4 aromatic rings. The van der Waals surface area contributed by atoms with E-state index < -0.39 is 17.3 Å². The van der Waals surface area contributed by atoms with Crippen LogP contribution in [-0.4, -0.2) is 33.3 Å². The zero-order chi connectivity index (χ0) is 22.6. The average Bonchev–Trinajstić information content (AvgIpc) is 3.14. The van der Waals surface area contributed by atoms with Crippen LogP contribution in [0, 0.1) is 13.8 Å². The Kier molecular flexibility index (Phi) is 4.67. The summed E-state index contributed by atoms with van der Waals surface area (Å²) < 4.78 is 6.51. The molecule has 4 N–H and O–H groups in total. The van der Waals surface area contributed by atoms with Gasteiger partial charge in [0, 0.05) is 23.1 Å². The number of hydrogen-bond acceptors (Lipinski definition) is 5. The molecule has 8 heteroatoms. The lowest BCUT2D eigenvalue weighted by molar-refractivity contribution is 0.409. The van der Waals surface area contributed by atoms with E-state index in [1.54, 1.807) is 13.2 Å². The van der Waals surface area contributed by atoms with Gasteiger partial charge in [-0.05, 0) is 67.3 Å². The molecule has 0 saturated carbocycles. The van der Waals surface area contributed by atoms with Gasteiger partial charge in [0.2, 0.25) is 5.88 Å². The Hall–Kier alpha value is -3.78. The quantitative estimate of drug-likeness (QED) is 0.398. The Bertz CT molecular complexity index is 1480. The molecular weight excluding hydrogens is 408 g/mol. The fraction of sp³-hybridized carbons (Fsp3) is 0.250. The third-order valence-corrected chi connectivity index (χ3v) is 6.32. The predicted octanol–water partition coefficient (Wildman–Crippen LogP) is 2.57. The molecule has 0 amide bonds. The third-order valence-electron chi connectivity index (χ3n) is 6.32. The first-order valence-electron chi connectivity index (χ1n) is 10.5. The standard InChI is InChI=1S/C24H24N4O4/c1-12-4-5-14(10-13(12)2)28-23(30)19(22(29)27-24(28)31)21-20-16(8-9-25-21)17-11-15(32-3)6-7-18(17)26-20/h4-7,10-11,21,25-26,30H,8-9H2,1-3H3,(H,27,29,31). The predicted molar refractivity (Wildman–Crippen MR) is 122 cm³/mol. The Morgan fingerprint density at radius 3 is 2.62 bits per heavy atom. The minimum absolute atomic E-state index is 0.0994. The van der Waals surface area contributed by atoms with E-state index in [0.717, 1.165) is 50.0 Å². The van der Waals surface area contributed by atoms with Crippen LogP contribution in [-0.2, 0) is 6.42 Å². The van der Waals surface area contributed by atoms with Crippen molar-refractivity contribution in [2.75, 3.05) is 13.7 Å². The molecule has 0 bridgehead atoms. The first-order chi connectivity index (χ1) is 15.4. The number of H-pyrrole nitrogens is 2. The molecule has 32 heavy (non-hydrogen) atoms. The molecule has 3 heterocycles. The second-order valence-corrected chi connectivity index (χ2v) is 8.17. The van der Waals surface area contributed by atoms with Crippen LogP contribution in [0.3, 0.4) is 0 Å². The molecule has 5 rings (SSSR count). The van der Waals surface area contributed by atoms with Crippen LogP contribution in [0.1, 0.15) is 34.0 Å². The Balaban J connectivity index is 1.72. The minimum atomic E-state index is -0.683. The van der Waals surface area contributed by atoms with E-state index in [-0.39, 0.29) is 11.4 Å². The smallest absolute Gasteiger partial charge is 0.335 e. The number of benzene rings is 2. The van der Waals surface area contributed by atoms with Crippen LogP contribution in [0.5, 0.6) is 11.6 Å². The lowest BCUT2D eigenvalue weighted by Gasteiger charge is -2.25. The lowest BCUT2D eigenvalue weighted by atomic mass is 9.95. The van der Waals surface area contributed by atoms with E-state index in [9.17, 15) is 14.7 Å². The van der Waals surface area contributed by atoms with Gasteiger partial charge in [0.05, 0.1) is 18.8 Å². The largest absolute Gasteiger partial charge is 0.497 e. The molecule has 8 nitrogen and oxygen atoms in total. The average molecular weight is 432 g/mol. The summed E-state index contributed by atoms with van der Waals surface area (Å²) in [6.45, 7) is 4.52. The SMILES string of the molecule is COc1ccc2[nH]c3c(c2c1)CCNC3c1c(O)n(-c2ccc(C)c(C)c2)c(=O)[nH]c1=O. The molecule has 0 fully saturated rings. The number of fused-ring (bicyclic) bond motifs is 3. The summed E-state index contributed by atoms with van der Waals surface area (Å²) in [6, 6.07) is 10.6. The highest BCUT2D eigenvalue weighted by molar-refractivity contribution is 5.86. The molecule has 0 radical (unpaired) electrons. The van der Waals surface area contributed by atoms with Gasteiger partial charge < -0.3 is 20.1 Å². The van der Waals surface area contributed by atoms with Gasteiger partial charge in [0.15, 0.2) is 0 Å². The zero-order valence-corrected chi connectivity index (χ0v) is 18.1. The van der Waals surface area contributed by atoms with Gasteiger partial charge in [-0.15, -0.1) is 0 Å². The Morgan fingerprint density at radius 2 is 1.88 bits per heavy atom. The first kappa shape index (κ1) is 20.1. The van der Waals surface area contributed by atoms with Crippen molar-refractivity contribution in [1.82, 2.24) is 19.9 Å². The van der Waals surface area contributed by atoms with Crippen LogP contribution >= 0.6 is 0 Å². The van der Waals surface area contributed by atoms with Crippen molar-refractivity contribution in [3.63, 3.8) is 0 Å². The van der Waals surface area contributed by atoms with Crippen LogP contribution in [0.15, 0.2) is 46.0 Å². The van der Waals surface area contributed by atoms with Crippen molar-refractivity contribution in [3.05, 3.63) is 85.2 Å². The summed E-state index contributed by atoms with van der Waals surface area (Å²) in [6.07, 6.45) is 0.758. The summed E-state index contributed by atoms with van der Waals surface area (Å²) in [7, 11) is 1.62. The van der Waals surface area contributed by atoms with Crippen molar-refractivity contribution >= 4 is 10.9 Å². The van der Waals surface area contributed by atoms with Crippen molar-refractivity contribution in [1.29, 1.82) is 0 Å². The molecule has 2 aromatic carbocycles. The van der Waals surface area contributed by atoms with Crippen molar-refractivity contribution < 1.29 is 9.84 Å². The van der Waals surface area contributed by atoms with Gasteiger partial charge in [0.25, 0.3) is 5.56 Å². The molecule has 1 unspecified atom stereocenters. The number of nitrogens with zero attached hydrogens (tertiary/aromatic N) is 1. The molecule has 164 valence electrons. The van der Waals surface area contributed by atoms with Gasteiger partial charge in [-0.25, -0.2) is 9.36 Å². The number of aromatic amines is 2.